The number of para-hydroxylation sites is 1. The van der Waals surface area contributed by atoms with Crippen LogP contribution in [0, 0.1) is 0 Å². The first-order valence-corrected chi connectivity index (χ1v) is 6.59. The van der Waals surface area contributed by atoms with Gasteiger partial charge in [-0.3, -0.25) is 0 Å². The summed E-state index contributed by atoms with van der Waals surface area (Å²) in [4.78, 5) is 2.33. The first kappa shape index (κ1) is 11.8. The second kappa shape index (κ2) is 4.41. The Hall–Kier alpha value is -1.32. The van der Waals surface area contributed by atoms with Gasteiger partial charge in [0.15, 0.2) is 0 Å². The van der Waals surface area contributed by atoms with Crippen molar-refractivity contribution >= 4 is 11.0 Å². The molecule has 18 heavy (non-hydrogen) atoms. The number of hydrogen-bond donors (Lipinski definition) is 1. The van der Waals surface area contributed by atoms with Crippen LogP contribution in [0.3, 0.4) is 0 Å². The highest BCUT2D eigenvalue weighted by atomic mass is 16.3. The molecule has 1 aliphatic carbocycles. The van der Waals surface area contributed by atoms with Gasteiger partial charge in [-0.1, -0.05) is 18.2 Å². The van der Waals surface area contributed by atoms with Crippen molar-refractivity contribution in [2.24, 2.45) is 5.73 Å². The molecule has 0 amide bonds. The van der Waals surface area contributed by atoms with E-state index in [4.69, 9.17) is 10.2 Å². The molecule has 0 saturated heterocycles. The first-order valence-electron chi connectivity index (χ1n) is 6.59. The Labute approximate surface area is 108 Å². The second-order valence-corrected chi connectivity index (χ2v) is 5.61. The number of rotatable bonds is 5. The average molecular weight is 244 g/mol. The molecule has 0 radical (unpaired) electrons. The number of hydrogen-bond acceptors (Lipinski definition) is 3. The van der Waals surface area contributed by atoms with Crippen LogP contribution < -0.4 is 5.73 Å². The third kappa shape index (κ3) is 2.42. The number of benzene rings is 1. The van der Waals surface area contributed by atoms with Gasteiger partial charge in [0.25, 0.3) is 0 Å². The Morgan fingerprint density at radius 1 is 1.33 bits per heavy atom. The molecule has 2 aromatic rings. The van der Waals surface area contributed by atoms with Gasteiger partial charge in [0.05, 0.1) is 6.26 Å². The lowest BCUT2D eigenvalue weighted by Gasteiger charge is -2.20. The van der Waals surface area contributed by atoms with E-state index in [0.717, 1.165) is 25.1 Å². The van der Waals surface area contributed by atoms with Crippen LogP contribution in [0.25, 0.3) is 11.0 Å². The van der Waals surface area contributed by atoms with E-state index in [1.807, 2.05) is 18.4 Å². The smallest absolute Gasteiger partial charge is 0.134 e. The molecule has 0 spiro atoms. The molecule has 1 heterocycles. The normalized spacial score (nSPS) is 17.5. The summed E-state index contributed by atoms with van der Waals surface area (Å²) in [5.41, 5.74) is 8.50. The topological polar surface area (TPSA) is 42.4 Å². The fourth-order valence-electron chi connectivity index (χ4n) is 2.47. The molecule has 3 rings (SSSR count). The molecule has 0 unspecified atom stereocenters. The fourth-order valence-corrected chi connectivity index (χ4v) is 2.47. The number of furan rings is 1. The summed E-state index contributed by atoms with van der Waals surface area (Å²) >= 11 is 0. The summed E-state index contributed by atoms with van der Waals surface area (Å²) in [6, 6.07) is 8.21. The van der Waals surface area contributed by atoms with E-state index in [1.165, 1.54) is 23.8 Å². The summed E-state index contributed by atoms with van der Waals surface area (Å²) in [7, 11) is 2.15. The van der Waals surface area contributed by atoms with Crippen molar-refractivity contribution in [1.82, 2.24) is 4.90 Å². The van der Waals surface area contributed by atoms with Crippen molar-refractivity contribution in [3.8, 4) is 0 Å². The fraction of sp³-hybridized carbons (Fsp3) is 0.467. The Bertz CT molecular complexity index is 542. The van der Waals surface area contributed by atoms with Crippen molar-refractivity contribution in [2.75, 3.05) is 20.1 Å². The van der Waals surface area contributed by atoms with Crippen LogP contribution in [0.4, 0.5) is 0 Å². The Morgan fingerprint density at radius 2 is 2.11 bits per heavy atom. The maximum absolute atomic E-state index is 6.13. The van der Waals surface area contributed by atoms with Crippen LogP contribution in [0.5, 0.6) is 0 Å². The van der Waals surface area contributed by atoms with Gasteiger partial charge in [0, 0.05) is 24.0 Å². The van der Waals surface area contributed by atoms with Gasteiger partial charge in [0.1, 0.15) is 5.58 Å². The number of likely N-dealkylation sites (N-methyl/N-ethyl adjacent to an activating group) is 1. The molecule has 0 bridgehead atoms. The summed E-state index contributed by atoms with van der Waals surface area (Å²) in [6.45, 7) is 2.03. The molecule has 1 aromatic heterocycles. The Balaban J connectivity index is 1.62. The molecule has 3 heteroatoms. The highest BCUT2D eigenvalue weighted by Crippen LogP contribution is 2.32. The van der Waals surface area contributed by atoms with Crippen LogP contribution >= 0.6 is 0 Å². The maximum Gasteiger partial charge on any atom is 0.134 e. The molecule has 96 valence electrons. The largest absolute Gasteiger partial charge is 0.464 e. The van der Waals surface area contributed by atoms with Crippen molar-refractivity contribution in [3.63, 3.8) is 0 Å². The summed E-state index contributed by atoms with van der Waals surface area (Å²) in [6.07, 6.45) is 5.25. The van der Waals surface area contributed by atoms with Gasteiger partial charge in [-0.25, -0.2) is 0 Å². The minimum Gasteiger partial charge on any atom is -0.464 e. The van der Waals surface area contributed by atoms with Crippen molar-refractivity contribution in [1.29, 1.82) is 0 Å². The summed E-state index contributed by atoms with van der Waals surface area (Å²) < 4.78 is 5.55. The lowest BCUT2D eigenvalue weighted by atomic mass is 10.1. The van der Waals surface area contributed by atoms with E-state index in [2.05, 4.69) is 24.1 Å². The molecule has 1 fully saturated rings. The van der Waals surface area contributed by atoms with Gasteiger partial charge < -0.3 is 15.1 Å². The molecule has 2 N–H and O–H groups in total. The molecule has 3 nitrogen and oxygen atoms in total. The molecule has 1 aliphatic rings. The summed E-state index contributed by atoms with van der Waals surface area (Å²) in [5.74, 6) is 0. The van der Waals surface area contributed by atoms with E-state index in [1.54, 1.807) is 0 Å². The number of nitrogens with zero attached hydrogens (tertiary/aromatic N) is 1. The Kier molecular flexibility index (Phi) is 2.88. The van der Waals surface area contributed by atoms with Gasteiger partial charge in [-0.15, -0.1) is 0 Å². The van der Waals surface area contributed by atoms with Gasteiger partial charge in [-0.2, -0.15) is 0 Å². The zero-order valence-corrected chi connectivity index (χ0v) is 10.9. The summed E-state index contributed by atoms with van der Waals surface area (Å²) in [5, 5.41) is 1.24. The van der Waals surface area contributed by atoms with E-state index >= 15 is 0 Å². The van der Waals surface area contributed by atoms with Crippen molar-refractivity contribution in [2.45, 2.75) is 24.8 Å². The lowest BCUT2D eigenvalue weighted by molar-refractivity contribution is 0.306. The zero-order chi connectivity index (χ0) is 12.6. The SMILES string of the molecule is CN(CCc1coc2ccccc12)CC1(N)CC1. The molecule has 1 saturated carbocycles. The predicted molar refractivity (Wildman–Crippen MR) is 73.6 cm³/mol. The predicted octanol–water partition coefficient (Wildman–Crippen LogP) is 2.40. The number of nitrogens with two attached hydrogens (primary N) is 1. The second-order valence-electron chi connectivity index (χ2n) is 5.61. The zero-order valence-electron chi connectivity index (χ0n) is 10.9. The minimum absolute atomic E-state index is 0.104. The van der Waals surface area contributed by atoms with Crippen molar-refractivity contribution < 1.29 is 4.42 Å². The van der Waals surface area contributed by atoms with E-state index in [9.17, 15) is 0 Å². The van der Waals surface area contributed by atoms with E-state index < -0.39 is 0 Å². The maximum atomic E-state index is 6.13. The number of fused-ring (bicyclic) bond motifs is 1. The van der Waals surface area contributed by atoms with Gasteiger partial charge in [0.2, 0.25) is 0 Å². The molecular formula is C15H20N2O. The molecule has 1 aromatic carbocycles. The molecule has 0 atom stereocenters. The quantitative estimate of drug-likeness (QED) is 0.878. The monoisotopic (exact) mass is 244 g/mol. The lowest BCUT2D eigenvalue weighted by Crippen LogP contribution is -2.38. The van der Waals surface area contributed by atoms with Crippen LogP contribution in [0.2, 0.25) is 0 Å². The molecule has 0 aliphatic heterocycles. The third-order valence-electron chi connectivity index (χ3n) is 3.80. The highest BCUT2D eigenvalue weighted by molar-refractivity contribution is 5.80. The van der Waals surface area contributed by atoms with Crippen molar-refractivity contribution in [3.05, 3.63) is 36.1 Å². The first-order chi connectivity index (χ1) is 8.66. The average Bonchev–Trinajstić information content (AvgIpc) is 2.93. The minimum atomic E-state index is 0.104. The highest BCUT2D eigenvalue weighted by Gasteiger charge is 2.38. The van der Waals surface area contributed by atoms with Crippen LogP contribution in [-0.2, 0) is 6.42 Å². The van der Waals surface area contributed by atoms with Gasteiger partial charge in [-0.05, 0) is 37.9 Å². The van der Waals surface area contributed by atoms with E-state index in [0.29, 0.717) is 0 Å². The standard InChI is InChI=1S/C15H20N2O/c1-17(11-15(16)7-8-15)9-6-12-10-18-14-5-3-2-4-13(12)14/h2-5,10H,6-9,11,16H2,1H3. The molecular weight excluding hydrogens is 224 g/mol. The van der Waals surface area contributed by atoms with E-state index in [-0.39, 0.29) is 5.54 Å². The van der Waals surface area contributed by atoms with Crippen LogP contribution in [0.1, 0.15) is 18.4 Å². The Morgan fingerprint density at radius 3 is 2.89 bits per heavy atom. The van der Waals surface area contributed by atoms with Crippen LogP contribution in [0.15, 0.2) is 34.9 Å². The van der Waals surface area contributed by atoms with Gasteiger partial charge >= 0.3 is 0 Å². The van der Waals surface area contributed by atoms with Crippen LogP contribution in [-0.4, -0.2) is 30.6 Å². The third-order valence-corrected chi connectivity index (χ3v) is 3.80.